The Kier molecular flexibility index (Phi) is 6.13. The summed E-state index contributed by atoms with van der Waals surface area (Å²) in [6.07, 6.45) is 1.38. The zero-order chi connectivity index (χ0) is 17.6. The molecule has 0 aliphatic carbocycles. The van der Waals surface area contributed by atoms with Crippen molar-refractivity contribution in [3.63, 3.8) is 0 Å². The monoisotopic (exact) mass is 363 g/mol. The molecule has 6 nitrogen and oxygen atoms in total. The van der Waals surface area contributed by atoms with E-state index in [4.69, 9.17) is 10.3 Å². The number of benzene rings is 2. The third kappa shape index (κ3) is 5.48. The molecule has 0 atom stereocenters. The molecule has 24 heavy (non-hydrogen) atoms. The molecule has 0 spiro atoms. The third-order valence-electron chi connectivity index (χ3n) is 3.08. The lowest BCUT2D eigenvalue weighted by Crippen LogP contribution is -2.06. The van der Waals surface area contributed by atoms with Crippen molar-refractivity contribution in [2.24, 2.45) is 15.9 Å². The van der Waals surface area contributed by atoms with Crippen molar-refractivity contribution in [1.82, 2.24) is 0 Å². The second-order valence-electron chi connectivity index (χ2n) is 4.96. The van der Waals surface area contributed by atoms with Gasteiger partial charge in [-0.2, -0.15) is 13.5 Å². The third-order valence-corrected chi connectivity index (χ3v) is 4.93. The van der Waals surface area contributed by atoms with E-state index in [1.807, 2.05) is 30.3 Å². The standard InChI is InChI=1S/C16H17N3O3S2/c1-12-7-8-14(9-15(12)24(20,21)22)10-18-19-16(17)23-11-13-5-3-2-4-6-13/h2-10H,11H2,1H3,(H2,17,19)(H,20,21,22). The normalized spacial score (nSPS) is 12.7. The van der Waals surface area contributed by atoms with Gasteiger partial charge in [-0.3, -0.25) is 4.55 Å². The summed E-state index contributed by atoms with van der Waals surface area (Å²) in [5.41, 5.74) is 7.85. The summed E-state index contributed by atoms with van der Waals surface area (Å²) in [6.45, 7) is 1.60. The van der Waals surface area contributed by atoms with Gasteiger partial charge in [-0.25, -0.2) is 0 Å². The molecule has 2 aromatic carbocycles. The van der Waals surface area contributed by atoms with Crippen LogP contribution >= 0.6 is 11.8 Å². The first-order chi connectivity index (χ1) is 11.4. The smallest absolute Gasteiger partial charge is 0.294 e. The first-order valence-corrected chi connectivity index (χ1v) is 9.40. The minimum atomic E-state index is -4.26. The Morgan fingerprint density at radius 2 is 1.96 bits per heavy atom. The summed E-state index contributed by atoms with van der Waals surface area (Å²) in [4.78, 5) is -0.151. The van der Waals surface area contributed by atoms with Crippen LogP contribution in [-0.2, 0) is 15.9 Å². The molecule has 0 bridgehead atoms. The van der Waals surface area contributed by atoms with Crippen LogP contribution in [0.1, 0.15) is 16.7 Å². The molecule has 0 amide bonds. The number of aryl methyl sites for hydroxylation is 1. The summed E-state index contributed by atoms with van der Waals surface area (Å²) >= 11 is 1.35. The Morgan fingerprint density at radius 1 is 1.25 bits per heavy atom. The molecule has 126 valence electrons. The van der Waals surface area contributed by atoms with E-state index >= 15 is 0 Å². The molecule has 2 rings (SSSR count). The number of amidine groups is 1. The second kappa shape index (κ2) is 8.09. The summed E-state index contributed by atoms with van der Waals surface area (Å²) in [5.74, 6) is 0.684. The van der Waals surface area contributed by atoms with Gasteiger partial charge >= 0.3 is 0 Å². The molecule has 0 radical (unpaired) electrons. The van der Waals surface area contributed by atoms with Crippen molar-refractivity contribution in [1.29, 1.82) is 0 Å². The van der Waals surface area contributed by atoms with Crippen molar-refractivity contribution in [3.05, 3.63) is 65.2 Å². The average Bonchev–Trinajstić information content (AvgIpc) is 2.54. The van der Waals surface area contributed by atoms with E-state index in [1.165, 1.54) is 24.0 Å². The Balaban J connectivity index is 2.03. The number of hydrogen-bond donors (Lipinski definition) is 2. The zero-order valence-corrected chi connectivity index (χ0v) is 14.6. The van der Waals surface area contributed by atoms with E-state index in [0.717, 1.165) is 5.56 Å². The van der Waals surface area contributed by atoms with Gasteiger partial charge in [-0.05, 0) is 29.7 Å². The Morgan fingerprint density at radius 3 is 2.62 bits per heavy atom. The van der Waals surface area contributed by atoms with Gasteiger partial charge in [0.15, 0.2) is 5.17 Å². The first-order valence-electron chi connectivity index (χ1n) is 6.97. The Labute approximate surface area is 145 Å². The Hall–Kier alpha value is -2.16. The van der Waals surface area contributed by atoms with Gasteiger partial charge in [0, 0.05) is 5.75 Å². The number of rotatable bonds is 5. The zero-order valence-electron chi connectivity index (χ0n) is 13.0. The second-order valence-corrected chi connectivity index (χ2v) is 7.34. The number of thioether (sulfide) groups is 1. The van der Waals surface area contributed by atoms with Gasteiger partial charge in [0.25, 0.3) is 10.1 Å². The fourth-order valence-electron chi connectivity index (χ4n) is 1.89. The first kappa shape index (κ1) is 18.2. The molecule has 8 heteroatoms. The summed E-state index contributed by atoms with van der Waals surface area (Å²) in [6, 6.07) is 14.4. The topological polar surface area (TPSA) is 105 Å². The van der Waals surface area contributed by atoms with E-state index < -0.39 is 10.1 Å². The molecule has 0 aliphatic heterocycles. The molecule has 0 heterocycles. The maximum Gasteiger partial charge on any atom is 0.294 e. The van der Waals surface area contributed by atoms with Gasteiger partial charge in [0.1, 0.15) is 0 Å². The minimum absolute atomic E-state index is 0.151. The fourth-order valence-corrected chi connectivity index (χ4v) is 3.26. The quantitative estimate of drug-likeness (QED) is 0.368. The molecule has 0 saturated heterocycles. The maximum atomic E-state index is 11.3. The fraction of sp³-hybridized carbons (Fsp3) is 0.125. The van der Waals surface area contributed by atoms with Crippen molar-refractivity contribution in [2.75, 3.05) is 0 Å². The van der Waals surface area contributed by atoms with Crippen molar-refractivity contribution < 1.29 is 13.0 Å². The van der Waals surface area contributed by atoms with Gasteiger partial charge in [-0.1, -0.05) is 54.2 Å². The molecule has 0 aromatic heterocycles. The van der Waals surface area contributed by atoms with Gasteiger partial charge in [0.05, 0.1) is 11.1 Å². The Bertz CT molecular complexity index is 863. The van der Waals surface area contributed by atoms with E-state index in [-0.39, 0.29) is 4.90 Å². The number of nitrogens with zero attached hydrogens (tertiary/aromatic N) is 2. The number of hydrogen-bond acceptors (Lipinski definition) is 5. The number of nitrogens with two attached hydrogens (primary N) is 1. The van der Waals surface area contributed by atoms with Crippen molar-refractivity contribution >= 4 is 33.3 Å². The van der Waals surface area contributed by atoms with Crippen LogP contribution in [0.3, 0.4) is 0 Å². The minimum Gasteiger partial charge on any atom is -0.377 e. The van der Waals surface area contributed by atoms with Crippen molar-refractivity contribution in [3.8, 4) is 0 Å². The van der Waals surface area contributed by atoms with Crippen LogP contribution in [0.15, 0.2) is 63.6 Å². The van der Waals surface area contributed by atoms with Crippen LogP contribution in [0.4, 0.5) is 0 Å². The molecule has 3 N–H and O–H groups in total. The molecule has 0 fully saturated rings. The maximum absolute atomic E-state index is 11.3. The van der Waals surface area contributed by atoms with Gasteiger partial charge in [0.2, 0.25) is 0 Å². The molecular weight excluding hydrogens is 346 g/mol. The highest BCUT2D eigenvalue weighted by Gasteiger charge is 2.12. The van der Waals surface area contributed by atoms with E-state index in [1.54, 1.807) is 19.1 Å². The largest absolute Gasteiger partial charge is 0.377 e. The molecule has 0 unspecified atom stereocenters. The molecule has 2 aromatic rings. The van der Waals surface area contributed by atoms with Crippen LogP contribution in [0.5, 0.6) is 0 Å². The highest BCUT2D eigenvalue weighted by Crippen LogP contribution is 2.16. The van der Waals surface area contributed by atoms with E-state index in [2.05, 4.69) is 10.2 Å². The van der Waals surface area contributed by atoms with Gasteiger partial charge < -0.3 is 5.73 Å². The lowest BCUT2D eigenvalue weighted by atomic mass is 10.2. The van der Waals surface area contributed by atoms with Crippen LogP contribution in [0.2, 0.25) is 0 Å². The van der Waals surface area contributed by atoms with E-state index in [0.29, 0.717) is 22.0 Å². The lowest BCUT2D eigenvalue weighted by Gasteiger charge is -2.03. The van der Waals surface area contributed by atoms with Gasteiger partial charge in [-0.15, -0.1) is 5.10 Å². The SMILES string of the molecule is Cc1ccc(C=NN=C(N)SCc2ccccc2)cc1S(=O)(=O)O. The summed E-state index contributed by atoms with van der Waals surface area (Å²) in [7, 11) is -4.26. The average molecular weight is 363 g/mol. The molecule has 0 saturated carbocycles. The molecular formula is C16H17N3O3S2. The van der Waals surface area contributed by atoms with E-state index in [9.17, 15) is 8.42 Å². The molecule has 0 aliphatic rings. The van der Waals surface area contributed by atoms with Crippen LogP contribution in [0, 0.1) is 6.92 Å². The predicted molar refractivity (Wildman–Crippen MR) is 97.9 cm³/mol. The van der Waals surface area contributed by atoms with Crippen LogP contribution < -0.4 is 5.73 Å². The predicted octanol–water partition coefficient (Wildman–Crippen LogP) is 2.82. The summed E-state index contributed by atoms with van der Waals surface area (Å²) < 4.78 is 31.7. The lowest BCUT2D eigenvalue weighted by molar-refractivity contribution is 0.482. The van der Waals surface area contributed by atoms with Crippen LogP contribution in [-0.4, -0.2) is 24.4 Å². The highest BCUT2D eigenvalue weighted by atomic mass is 32.2. The highest BCUT2D eigenvalue weighted by molar-refractivity contribution is 8.13. The van der Waals surface area contributed by atoms with Crippen molar-refractivity contribution in [2.45, 2.75) is 17.6 Å². The summed E-state index contributed by atoms with van der Waals surface area (Å²) in [5, 5.41) is 8.01. The van der Waals surface area contributed by atoms with Crippen LogP contribution in [0.25, 0.3) is 0 Å².